The summed E-state index contributed by atoms with van der Waals surface area (Å²) in [5.74, 6) is 0.0637. The highest BCUT2D eigenvalue weighted by atomic mass is 32.1. The fourth-order valence-electron chi connectivity index (χ4n) is 2.92. The first-order valence-electron chi connectivity index (χ1n) is 7.35. The van der Waals surface area contributed by atoms with Crippen LogP contribution in [-0.4, -0.2) is 22.1 Å². The Balaban J connectivity index is 1.90. The average molecular weight is 301 g/mol. The van der Waals surface area contributed by atoms with Crippen molar-refractivity contribution in [1.82, 2.24) is 10.2 Å². The number of benzene rings is 1. The topological polar surface area (TPSA) is 46.1 Å². The van der Waals surface area contributed by atoms with E-state index in [4.69, 9.17) is 0 Å². The van der Waals surface area contributed by atoms with Gasteiger partial charge in [0.05, 0.1) is 0 Å². The molecule has 0 N–H and O–H groups in total. The van der Waals surface area contributed by atoms with E-state index in [1.54, 1.807) is 6.92 Å². The molecule has 1 aliphatic rings. The van der Waals surface area contributed by atoms with Gasteiger partial charge < -0.3 is 0 Å². The minimum absolute atomic E-state index is 0.0637. The molecule has 1 aromatic heterocycles. The van der Waals surface area contributed by atoms with E-state index in [1.807, 2.05) is 17.0 Å². The van der Waals surface area contributed by atoms with Crippen LogP contribution in [0.25, 0.3) is 10.6 Å². The largest absolute Gasteiger partial charge is 0.284 e. The van der Waals surface area contributed by atoms with Crippen molar-refractivity contribution in [2.75, 3.05) is 4.90 Å². The lowest BCUT2D eigenvalue weighted by Crippen LogP contribution is -2.37. The normalized spacial score (nSPS) is 15.3. The van der Waals surface area contributed by atoms with Crippen LogP contribution in [0.5, 0.6) is 0 Å². The third kappa shape index (κ3) is 2.97. The Morgan fingerprint density at radius 1 is 1.29 bits per heavy atom. The molecular weight excluding hydrogens is 282 g/mol. The average Bonchev–Trinajstić information content (AvgIpc) is 3.10. The second kappa shape index (κ2) is 5.93. The Labute approximate surface area is 128 Å². The second-order valence-corrected chi connectivity index (χ2v) is 6.54. The number of nitrogens with zero attached hydrogens (tertiary/aromatic N) is 3. The molecule has 1 heterocycles. The van der Waals surface area contributed by atoms with Crippen LogP contribution in [0.2, 0.25) is 0 Å². The van der Waals surface area contributed by atoms with Crippen molar-refractivity contribution in [1.29, 1.82) is 0 Å². The third-order valence-electron chi connectivity index (χ3n) is 3.91. The van der Waals surface area contributed by atoms with Crippen molar-refractivity contribution in [2.45, 2.75) is 45.6 Å². The van der Waals surface area contributed by atoms with Gasteiger partial charge >= 0.3 is 0 Å². The molecule has 1 amide bonds. The maximum absolute atomic E-state index is 12.0. The van der Waals surface area contributed by atoms with E-state index in [-0.39, 0.29) is 5.91 Å². The molecule has 0 spiro atoms. The number of hydrogen-bond acceptors (Lipinski definition) is 4. The lowest BCUT2D eigenvalue weighted by atomic mass is 10.1. The predicted octanol–water partition coefficient (Wildman–Crippen LogP) is 3.81. The smallest absolute Gasteiger partial charge is 0.225 e. The quantitative estimate of drug-likeness (QED) is 0.866. The molecule has 0 aliphatic heterocycles. The molecule has 0 saturated heterocycles. The number of hydrogen-bond donors (Lipinski definition) is 0. The van der Waals surface area contributed by atoms with Gasteiger partial charge in [-0.05, 0) is 25.8 Å². The zero-order valence-corrected chi connectivity index (χ0v) is 13.2. The number of aromatic nitrogens is 2. The highest BCUT2D eigenvalue weighted by Crippen LogP contribution is 2.33. The molecule has 1 aliphatic carbocycles. The van der Waals surface area contributed by atoms with Crippen LogP contribution in [0.15, 0.2) is 24.3 Å². The van der Waals surface area contributed by atoms with Crippen LogP contribution >= 0.6 is 11.3 Å². The predicted molar refractivity (Wildman–Crippen MR) is 85.5 cm³/mol. The van der Waals surface area contributed by atoms with E-state index in [0.717, 1.165) is 28.5 Å². The van der Waals surface area contributed by atoms with Gasteiger partial charge in [-0.2, -0.15) is 0 Å². The fourth-order valence-corrected chi connectivity index (χ4v) is 3.88. The molecule has 21 heavy (non-hydrogen) atoms. The summed E-state index contributed by atoms with van der Waals surface area (Å²) in [6.45, 7) is 3.68. The monoisotopic (exact) mass is 301 g/mol. The summed E-state index contributed by atoms with van der Waals surface area (Å²) >= 11 is 1.50. The van der Waals surface area contributed by atoms with Gasteiger partial charge in [-0.25, -0.2) is 0 Å². The van der Waals surface area contributed by atoms with Crippen molar-refractivity contribution in [3.8, 4) is 10.6 Å². The van der Waals surface area contributed by atoms with E-state index in [0.29, 0.717) is 6.04 Å². The van der Waals surface area contributed by atoms with Crippen LogP contribution in [0, 0.1) is 6.92 Å². The SMILES string of the molecule is CC(=O)N(c1nnc(-c2cccc(C)c2)s1)C1CCCC1. The first kappa shape index (κ1) is 14.2. The van der Waals surface area contributed by atoms with Crippen molar-refractivity contribution < 1.29 is 4.79 Å². The van der Waals surface area contributed by atoms with Crippen molar-refractivity contribution >= 4 is 22.4 Å². The van der Waals surface area contributed by atoms with Crippen LogP contribution < -0.4 is 4.90 Å². The zero-order valence-electron chi connectivity index (χ0n) is 12.4. The summed E-state index contributed by atoms with van der Waals surface area (Å²) < 4.78 is 0. The third-order valence-corrected chi connectivity index (χ3v) is 4.89. The molecule has 5 heteroatoms. The van der Waals surface area contributed by atoms with E-state index in [1.165, 1.54) is 29.7 Å². The van der Waals surface area contributed by atoms with E-state index in [9.17, 15) is 4.79 Å². The van der Waals surface area contributed by atoms with E-state index < -0.39 is 0 Å². The highest BCUT2D eigenvalue weighted by Gasteiger charge is 2.28. The second-order valence-electron chi connectivity index (χ2n) is 5.59. The Bertz CT molecular complexity index is 646. The molecule has 1 fully saturated rings. The molecule has 3 rings (SSSR count). The summed E-state index contributed by atoms with van der Waals surface area (Å²) in [5.41, 5.74) is 2.26. The Hall–Kier alpha value is -1.75. The van der Waals surface area contributed by atoms with Crippen LogP contribution in [-0.2, 0) is 4.79 Å². The molecule has 0 unspecified atom stereocenters. The van der Waals surface area contributed by atoms with Gasteiger partial charge in [0.1, 0.15) is 5.01 Å². The Kier molecular flexibility index (Phi) is 4.01. The fraction of sp³-hybridized carbons (Fsp3) is 0.438. The van der Waals surface area contributed by atoms with Gasteiger partial charge in [-0.1, -0.05) is 47.9 Å². The number of anilines is 1. The summed E-state index contributed by atoms with van der Waals surface area (Å²) in [6, 6.07) is 8.50. The standard InChI is InChI=1S/C16H19N3OS/c1-11-6-5-7-13(10-11)15-17-18-16(21-15)19(12(2)20)14-8-3-4-9-14/h5-7,10,14H,3-4,8-9H2,1-2H3. The Morgan fingerprint density at radius 2 is 2.05 bits per heavy atom. The zero-order chi connectivity index (χ0) is 14.8. The van der Waals surface area contributed by atoms with Gasteiger partial charge in [0, 0.05) is 18.5 Å². The summed E-state index contributed by atoms with van der Waals surface area (Å²) in [4.78, 5) is 13.8. The molecule has 0 radical (unpaired) electrons. The molecule has 1 saturated carbocycles. The minimum atomic E-state index is 0.0637. The number of aryl methyl sites for hydroxylation is 1. The summed E-state index contributed by atoms with van der Waals surface area (Å²) in [6.07, 6.45) is 4.52. The van der Waals surface area contributed by atoms with Gasteiger partial charge in [0.25, 0.3) is 0 Å². The van der Waals surface area contributed by atoms with Crippen LogP contribution in [0.1, 0.15) is 38.2 Å². The maximum atomic E-state index is 12.0. The maximum Gasteiger partial charge on any atom is 0.225 e. The van der Waals surface area contributed by atoms with Crippen molar-refractivity contribution in [3.05, 3.63) is 29.8 Å². The first-order chi connectivity index (χ1) is 10.1. The van der Waals surface area contributed by atoms with Gasteiger partial charge in [-0.3, -0.25) is 9.69 Å². The molecule has 0 bridgehead atoms. The lowest BCUT2D eigenvalue weighted by Gasteiger charge is -2.24. The first-order valence-corrected chi connectivity index (χ1v) is 8.17. The molecule has 2 aromatic rings. The van der Waals surface area contributed by atoms with Gasteiger partial charge in [-0.15, -0.1) is 10.2 Å². The lowest BCUT2D eigenvalue weighted by molar-refractivity contribution is -0.117. The molecule has 1 aromatic carbocycles. The van der Waals surface area contributed by atoms with Crippen molar-refractivity contribution in [3.63, 3.8) is 0 Å². The van der Waals surface area contributed by atoms with Gasteiger partial charge in [0.15, 0.2) is 0 Å². The molecule has 110 valence electrons. The molecule has 4 nitrogen and oxygen atoms in total. The van der Waals surface area contributed by atoms with Crippen LogP contribution in [0.4, 0.5) is 5.13 Å². The van der Waals surface area contributed by atoms with Crippen molar-refractivity contribution in [2.24, 2.45) is 0 Å². The number of amides is 1. The Morgan fingerprint density at radius 3 is 2.71 bits per heavy atom. The van der Waals surface area contributed by atoms with E-state index in [2.05, 4.69) is 29.3 Å². The highest BCUT2D eigenvalue weighted by molar-refractivity contribution is 7.18. The summed E-state index contributed by atoms with van der Waals surface area (Å²) in [5, 5.41) is 10.1. The number of rotatable bonds is 3. The minimum Gasteiger partial charge on any atom is -0.284 e. The van der Waals surface area contributed by atoms with Gasteiger partial charge in [0.2, 0.25) is 11.0 Å². The van der Waals surface area contributed by atoms with E-state index >= 15 is 0 Å². The summed E-state index contributed by atoms with van der Waals surface area (Å²) in [7, 11) is 0. The number of carbonyl (C=O) groups is 1. The molecular formula is C16H19N3OS. The number of carbonyl (C=O) groups excluding carboxylic acids is 1. The van der Waals surface area contributed by atoms with Crippen LogP contribution in [0.3, 0.4) is 0 Å². The molecule has 0 atom stereocenters.